The number of H-pyrrole nitrogens is 1. The molecule has 0 amide bonds. The number of benzene rings is 2. The Morgan fingerprint density at radius 1 is 1.11 bits per heavy atom. The molecule has 182 valence electrons. The third kappa shape index (κ3) is 5.13. The predicted octanol–water partition coefficient (Wildman–Crippen LogP) is 4.71. The number of aromatic nitrogens is 5. The van der Waals surface area contributed by atoms with Crippen molar-refractivity contribution in [3.8, 4) is 17.1 Å². The number of aromatic amines is 1. The quantitative estimate of drug-likeness (QED) is 0.363. The molecule has 1 N–H and O–H groups in total. The summed E-state index contributed by atoms with van der Waals surface area (Å²) in [6.45, 7) is 7.67. The SMILES string of the molecule is Cc1cc(OCc2ccc(-c3nnn[nH]3)cc2Cl)c(N(C(C)C)S(=O)(=O)c2cccnc2)cc1C. The third-order valence-electron chi connectivity index (χ3n) is 5.53. The Hall–Kier alpha value is -3.50. The van der Waals surface area contributed by atoms with Crippen molar-refractivity contribution in [3.63, 3.8) is 0 Å². The fraction of sp³-hybridized carbons (Fsp3) is 0.250. The van der Waals surface area contributed by atoms with Crippen LogP contribution in [-0.2, 0) is 16.6 Å². The summed E-state index contributed by atoms with van der Waals surface area (Å²) in [5.74, 6) is 0.942. The second kappa shape index (κ2) is 10.0. The first-order valence-corrected chi connectivity index (χ1v) is 12.7. The molecule has 0 bridgehead atoms. The van der Waals surface area contributed by atoms with Gasteiger partial charge in [0.2, 0.25) is 0 Å². The monoisotopic (exact) mass is 512 g/mol. The van der Waals surface area contributed by atoms with Gasteiger partial charge in [-0.05, 0) is 79.6 Å². The molecule has 4 aromatic rings. The van der Waals surface area contributed by atoms with Crippen LogP contribution in [0.1, 0.15) is 30.5 Å². The van der Waals surface area contributed by atoms with Crippen LogP contribution in [0.3, 0.4) is 0 Å². The topological polar surface area (TPSA) is 114 Å². The number of aryl methyl sites for hydroxylation is 2. The van der Waals surface area contributed by atoms with E-state index in [1.807, 2.05) is 52.0 Å². The largest absolute Gasteiger partial charge is 0.487 e. The molecule has 0 aliphatic heterocycles. The molecule has 11 heteroatoms. The summed E-state index contributed by atoms with van der Waals surface area (Å²) in [7, 11) is -3.88. The van der Waals surface area contributed by atoms with E-state index < -0.39 is 10.0 Å². The Labute approximate surface area is 209 Å². The van der Waals surface area contributed by atoms with Gasteiger partial charge in [-0.15, -0.1) is 5.10 Å². The van der Waals surface area contributed by atoms with E-state index in [1.165, 1.54) is 22.8 Å². The number of pyridine rings is 1. The van der Waals surface area contributed by atoms with Gasteiger partial charge in [0.1, 0.15) is 17.3 Å². The highest BCUT2D eigenvalue weighted by molar-refractivity contribution is 7.92. The molecule has 0 saturated heterocycles. The normalized spacial score (nSPS) is 11.6. The molecule has 0 spiro atoms. The van der Waals surface area contributed by atoms with Crippen molar-refractivity contribution in [3.05, 3.63) is 76.6 Å². The van der Waals surface area contributed by atoms with E-state index in [0.29, 0.717) is 22.3 Å². The lowest BCUT2D eigenvalue weighted by atomic mass is 10.1. The summed E-state index contributed by atoms with van der Waals surface area (Å²) in [6.07, 6.45) is 2.88. The molecular weight excluding hydrogens is 488 g/mol. The Morgan fingerprint density at radius 3 is 2.51 bits per heavy atom. The Bertz CT molecular complexity index is 1430. The number of nitrogens with zero attached hydrogens (tertiary/aromatic N) is 5. The number of hydrogen-bond acceptors (Lipinski definition) is 7. The van der Waals surface area contributed by atoms with Gasteiger partial charge in [-0.1, -0.05) is 23.7 Å². The number of ether oxygens (including phenoxy) is 1. The van der Waals surface area contributed by atoms with Crippen LogP contribution in [0.5, 0.6) is 5.75 Å². The number of rotatable bonds is 8. The zero-order valence-electron chi connectivity index (χ0n) is 19.7. The van der Waals surface area contributed by atoms with E-state index in [2.05, 4.69) is 25.6 Å². The molecule has 2 aromatic carbocycles. The lowest BCUT2D eigenvalue weighted by molar-refractivity contribution is 0.306. The zero-order valence-corrected chi connectivity index (χ0v) is 21.3. The minimum absolute atomic E-state index is 0.110. The molecule has 4 rings (SSSR count). The van der Waals surface area contributed by atoms with Crippen LogP contribution < -0.4 is 9.04 Å². The summed E-state index contributed by atoms with van der Waals surface area (Å²) in [6, 6.07) is 11.9. The Kier molecular flexibility index (Phi) is 7.04. The molecule has 0 unspecified atom stereocenters. The zero-order chi connectivity index (χ0) is 25.2. The van der Waals surface area contributed by atoms with Crippen molar-refractivity contribution in [1.29, 1.82) is 0 Å². The molecule has 0 atom stereocenters. The smallest absolute Gasteiger partial charge is 0.266 e. The molecule has 9 nitrogen and oxygen atoms in total. The molecule has 35 heavy (non-hydrogen) atoms. The second-order valence-electron chi connectivity index (χ2n) is 8.33. The maximum absolute atomic E-state index is 13.6. The first-order chi connectivity index (χ1) is 16.7. The molecule has 0 radical (unpaired) electrons. The van der Waals surface area contributed by atoms with E-state index in [-0.39, 0.29) is 17.5 Å². The van der Waals surface area contributed by atoms with Crippen molar-refractivity contribution < 1.29 is 13.2 Å². The summed E-state index contributed by atoms with van der Waals surface area (Å²) >= 11 is 6.50. The van der Waals surface area contributed by atoms with Crippen LogP contribution in [0.2, 0.25) is 5.02 Å². The van der Waals surface area contributed by atoms with Gasteiger partial charge in [-0.25, -0.2) is 13.5 Å². The standard InChI is InChI=1S/C24H25ClN6O3S/c1-15(2)31(35(32,33)20-6-5-9-26-13-20)22-10-16(3)17(4)11-23(22)34-14-19-8-7-18(12-21(19)25)24-27-29-30-28-24/h5-13,15H,14H2,1-4H3,(H,27,28,29,30). The summed E-state index contributed by atoms with van der Waals surface area (Å²) in [4.78, 5) is 4.10. The van der Waals surface area contributed by atoms with Gasteiger partial charge in [0.25, 0.3) is 10.0 Å². The highest BCUT2D eigenvalue weighted by atomic mass is 35.5. The van der Waals surface area contributed by atoms with Gasteiger partial charge in [-0.3, -0.25) is 9.29 Å². The van der Waals surface area contributed by atoms with Crippen LogP contribution in [0.4, 0.5) is 5.69 Å². The van der Waals surface area contributed by atoms with Crippen molar-refractivity contribution in [2.75, 3.05) is 4.31 Å². The van der Waals surface area contributed by atoms with Crippen molar-refractivity contribution >= 4 is 27.3 Å². The van der Waals surface area contributed by atoms with Crippen LogP contribution in [0.15, 0.2) is 59.8 Å². The molecule has 0 saturated carbocycles. The number of anilines is 1. The van der Waals surface area contributed by atoms with Gasteiger partial charge in [0.15, 0.2) is 5.82 Å². The molecule has 2 aromatic heterocycles. The van der Waals surface area contributed by atoms with Gasteiger partial charge in [0, 0.05) is 34.6 Å². The van der Waals surface area contributed by atoms with Crippen molar-refractivity contribution in [2.45, 2.75) is 45.2 Å². The molecule has 0 fully saturated rings. The van der Waals surface area contributed by atoms with Crippen LogP contribution >= 0.6 is 11.6 Å². The van der Waals surface area contributed by atoms with Crippen molar-refractivity contribution in [1.82, 2.24) is 25.6 Å². The van der Waals surface area contributed by atoms with Crippen LogP contribution in [-0.4, -0.2) is 40.1 Å². The average molecular weight is 513 g/mol. The van der Waals surface area contributed by atoms with Gasteiger partial charge in [-0.2, -0.15) is 0 Å². The van der Waals surface area contributed by atoms with Gasteiger partial charge < -0.3 is 4.74 Å². The maximum Gasteiger partial charge on any atom is 0.266 e. The Balaban J connectivity index is 1.70. The molecule has 0 aliphatic rings. The summed E-state index contributed by atoms with van der Waals surface area (Å²) < 4.78 is 34.7. The average Bonchev–Trinajstić information content (AvgIpc) is 3.36. The van der Waals surface area contributed by atoms with E-state index in [0.717, 1.165) is 22.3 Å². The molecular formula is C24H25ClN6O3S. The minimum atomic E-state index is -3.88. The van der Waals surface area contributed by atoms with Crippen LogP contribution in [0, 0.1) is 13.8 Å². The summed E-state index contributed by atoms with van der Waals surface area (Å²) in [5, 5.41) is 14.2. The van der Waals surface area contributed by atoms with E-state index in [9.17, 15) is 8.42 Å². The highest BCUT2D eigenvalue weighted by Crippen LogP contribution is 2.37. The number of tetrazole rings is 1. The maximum atomic E-state index is 13.6. The lowest BCUT2D eigenvalue weighted by Gasteiger charge is -2.30. The number of hydrogen-bond donors (Lipinski definition) is 1. The van der Waals surface area contributed by atoms with E-state index >= 15 is 0 Å². The third-order valence-corrected chi connectivity index (χ3v) is 7.85. The highest BCUT2D eigenvalue weighted by Gasteiger charge is 2.30. The number of nitrogens with one attached hydrogen (secondary N) is 1. The number of halogens is 1. The van der Waals surface area contributed by atoms with Crippen LogP contribution in [0.25, 0.3) is 11.4 Å². The fourth-order valence-electron chi connectivity index (χ4n) is 3.61. The molecule has 2 heterocycles. The number of sulfonamides is 1. The van der Waals surface area contributed by atoms with Gasteiger partial charge >= 0.3 is 0 Å². The van der Waals surface area contributed by atoms with Crippen molar-refractivity contribution in [2.24, 2.45) is 0 Å². The van der Waals surface area contributed by atoms with Gasteiger partial charge in [0.05, 0.1) is 5.69 Å². The molecule has 0 aliphatic carbocycles. The first kappa shape index (κ1) is 24.6. The second-order valence-corrected chi connectivity index (χ2v) is 10.6. The van der Waals surface area contributed by atoms with E-state index in [1.54, 1.807) is 12.1 Å². The predicted molar refractivity (Wildman–Crippen MR) is 134 cm³/mol. The minimum Gasteiger partial charge on any atom is -0.487 e. The lowest BCUT2D eigenvalue weighted by Crippen LogP contribution is -2.37. The first-order valence-electron chi connectivity index (χ1n) is 10.9. The summed E-state index contributed by atoms with van der Waals surface area (Å²) in [5.41, 5.74) is 3.85. The van der Waals surface area contributed by atoms with E-state index in [4.69, 9.17) is 16.3 Å². The fourth-order valence-corrected chi connectivity index (χ4v) is 5.47. The Morgan fingerprint density at radius 2 is 1.89 bits per heavy atom.